The fraction of sp³-hybridized carbons (Fsp3) is 0.143. The predicted molar refractivity (Wildman–Crippen MR) is 71.7 cm³/mol. The fourth-order valence-corrected chi connectivity index (χ4v) is 2.08. The maximum atomic E-state index is 10.0. The first kappa shape index (κ1) is 11.5. The molecular weight excluding hydrogens is 242 g/mol. The molecule has 96 valence electrons. The summed E-state index contributed by atoms with van der Waals surface area (Å²) in [6.45, 7) is 3.61. The van der Waals surface area contributed by atoms with Crippen LogP contribution >= 0.6 is 0 Å². The molecule has 3 aromatic rings. The summed E-state index contributed by atoms with van der Waals surface area (Å²) in [5.41, 5.74) is 3.46. The molecule has 0 spiro atoms. The first-order valence-corrected chi connectivity index (χ1v) is 5.92. The van der Waals surface area contributed by atoms with Crippen LogP contribution in [0.1, 0.15) is 11.1 Å². The first-order valence-electron chi connectivity index (χ1n) is 5.92. The highest BCUT2D eigenvalue weighted by atomic mass is 16.3. The second-order valence-corrected chi connectivity index (χ2v) is 4.49. The van der Waals surface area contributed by atoms with Gasteiger partial charge in [-0.05, 0) is 37.1 Å². The Morgan fingerprint density at radius 2 is 1.47 bits per heavy atom. The van der Waals surface area contributed by atoms with Crippen LogP contribution in [0.3, 0.4) is 0 Å². The van der Waals surface area contributed by atoms with Crippen LogP contribution in [-0.4, -0.2) is 25.2 Å². The van der Waals surface area contributed by atoms with Gasteiger partial charge in [-0.15, -0.1) is 15.0 Å². The van der Waals surface area contributed by atoms with E-state index in [0.29, 0.717) is 11.3 Å². The van der Waals surface area contributed by atoms with Gasteiger partial charge in [-0.3, -0.25) is 0 Å². The van der Waals surface area contributed by atoms with Crippen molar-refractivity contribution < 1.29 is 10.2 Å². The number of rotatable bonds is 1. The molecule has 0 fully saturated rings. The number of nitrogens with zero attached hydrogens (tertiary/aromatic N) is 3. The smallest absolute Gasteiger partial charge is 0.147 e. The molecular formula is C14H13N3O2. The Morgan fingerprint density at radius 1 is 0.895 bits per heavy atom. The van der Waals surface area contributed by atoms with Crippen LogP contribution in [0.2, 0.25) is 0 Å². The molecule has 0 bridgehead atoms. The van der Waals surface area contributed by atoms with E-state index in [-0.39, 0.29) is 11.5 Å². The Kier molecular flexibility index (Phi) is 2.41. The van der Waals surface area contributed by atoms with Crippen molar-refractivity contribution in [3.63, 3.8) is 0 Å². The summed E-state index contributed by atoms with van der Waals surface area (Å²) in [6, 6.07) is 8.80. The van der Waals surface area contributed by atoms with Crippen molar-refractivity contribution in [2.75, 3.05) is 0 Å². The van der Waals surface area contributed by atoms with Crippen LogP contribution in [0.15, 0.2) is 30.3 Å². The number of hydrogen-bond donors (Lipinski definition) is 2. The molecule has 0 saturated carbocycles. The molecule has 5 nitrogen and oxygen atoms in total. The van der Waals surface area contributed by atoms with Gasteiger partial charge in [-0.1, -0.05) is 12.1 Å². The monoisotopic (exact) mass is 255 g/mol. The van der Waals surface area contributed by atoms with E-state index in [1.165, 1.54) is 10.9 Å². The average molecular weight is 255 g/mol. The Labute approximate surface area is 109 Å². The number of benzene rings is 2. The summed E-state index contributed by atoms with van der Waals surface area (Å²) in [4.78, 5) is 1.40. The Hall–Kier alpha value is -2.56. The van der Waals surface area contributed by atoms with Gasteiger partial charge in [-0.25, -0.2) is 0 Å². The zero-order chi connectivity index (χ0) is 13.6. The molecule has 0 aliphatic carbocycles. The van der Waals surface area contributed by atoms with Gasteiger partial charge in [0.15, 0.2) is 0 Å². The summed E-state index contributed by atoms with van der Waals surface area (Å²) in [5, 5.41) is 28.4. The molecule has 0 unspecified atom stereocenters. The van der Waals surface area contributed by atoms with Gasteiger partial charge in [-0.2, -0.15) is 0 Å². The van der Waals surface area contributed by atoms with Crippen molar-refractivity contribution in [3.05, 3.63) is 41.5 Å². The first-order chi connectivity index (χ1) is 9.08. The lowest BCUT2D eigenvalue weighted by molar-refractivity contribution is 0.442. The third-order valence-electron chi connectivity index (χ3n) is 3.30. The molecule has 0 saturated heterocycles. The zero-order valence-corrected chi connectivity index (χ0v) is 10.6. The molecule has 0 amide bonds. The SMILES string of the molecule is Cc1c(O)cc(O)c(-n2nc3ccccc3n2)c1C. The van der Waals surface area contributed by atoms with Crippen molar-refractivity contribution in [2.24, 2.45) is 0 Å². The van der Waals surface area contributed by atoms with Crippen LogP contribution in [-0.2, 0) is 0 Å². The molecule has 3 rings (SSSR count). The Balaban J connectivity index is 2.29. The van der Waals surface area contributed by atoms with Gasteiger partial charge >= 0.3 is 0 Å². The highest BCUT2D eigenvalue weighted by Gasteiger charge is 2.15. The second kappa shape index (κ2) is 3.98. The molecule has 19 heavy (non-hydrogen) atoms. The largest absolute Gasteiger partial charge is 0.508 e. The van der Waals surface area contributed by atoms with Crippen molar-refractivity contribution in [3.8, 4) is 17.2 Å². The third kappa shape index (κ3) is 1.71. The maximum absolute atomic E-state index is 10.0. The summed E-state index contributed by atoms with van der Waals surface area (Å²) in [5.74, 6) is 0.0244. The van der Waals surface area contributed by atoms with E-state index in [9.17, 15) is 10.2 Å². The van der Waals surface area contributed by atoms with Gasteiger partial charge in [0.05, 0.1) is 0 Å². The Morgan fingerprint density at radius 3 is 2.05 bits per heavy atom. The highest BCUT2D eigenvalue weighted by molar-refractivity contribution is 5.74. The van der Waals surface area contributed by atoms with Gasteiger partial charge in [0.1, 0.15) is 28.2 Å². The van der Waals surface area contributed by atoms with Gasteiger partial charge in [0.2, 0.25) is 0 Å². The summed E-state index contributed by atoms with van der Waals surface area (Å²) in [6.07, 6.45) is 0. The molecule has 2 N–H and O–H groups in total. The average Bonchev–Trinajstić information content (AvgIpc) is 2.79. The zero-order valence-electron chi connectivity index (χ0n) is 10.6. The highest BCUT2D eigenvalue weighted by Crippen LogP contribution is 2.33. The standard InChI is InChI=1S/C14H13N3O2/c1-8-9(2)14(13(19)7-12(8)18)17-15-10-5-3-4-6-11(10)16-17/h3-7,18-19H,1-2H3. The van der Waals surface area contributed by atoms with E-state index in [0.717, 1.165) is 16.6 Å². The normalized spacial score (nSPS) is 11.1. The summed E-state index contributed by atoms with van der Waals surface area (Å²) >= 11 is 0. The minimum absolute atomic E-state index is 0.0408. The lowest BCUT2D eigenvalue weighted by Crippen LogP contribution is -2.03. The quantitative estimate of drug-likeness (QED) is 0.700. The predicted octanol–water partition coefficient (Wildman–Crippen LogP) is 2.45. The molecule has 0 aliphatic rings. The van der Waals surface area contributed by atoms with Crippen LogP contribution in [0.5, 0.6) is 11.5 Å². The van der Waals surface area contributed by atoms with E-state index in [2.05, 4.69) is 10.2 Å². The van der Waals surface area contributed by atoms with Crippen LogP contribution in [0, 0.1) is 13.8 Å². The van der Waals surface area contributed by atoms with Gasteiger partial charge in [0.25, 0.3) is 0 Å². The molecule has 0 atom stereocenters. The number of aromatic nitrogens is 3. The number of phenols is 2. The Bertz CT molecular complexity index is 745. The molecule has 0 radical (unpaired) electrons. The lowest BCUT2D eigenvalue weighted by Gasteiger charge is -2.11. The topological polar surface area (TPSA) is 71.2 Å². The van der Waals surface area contributed by atoms with Gasteiger partial charge in [0, 0.05) is 6.07 Å². The van der Waals surface area contributed by atoms with Gasteiger partial charge < -0.3 is 10.2 Å². The summed E-state index contributed by atoms with van der Waals surface area (Å²) in [7, 11) is 0. The number of aromatic hydroxyl groups is 2. The van der Waals surface area contributed by atoms with Crippen LogP contribution in [0.4, 0.5) is 0 Å². The van der Waals surface area contributed by atoms with E-state index in [1.54, 1.807) is 6.92 Å². The van der Waals surface area contributed by atoms with Crippen molar-refractivity contribution in [1.82, 2.24) is 15.0 Å². The van der Waals surface area contributed by atoms with E-state index < -0.39 is 0 Å². The van der Waals surface area contributed by atoms with E-state index >= 15 is 0 Å². The molecule has 5 heteroatoms. The summed E-state index contributed by atoms with van der Waals surface area (Å²) < 4.78 is 0. The van der Waals surface area contributed by atoms with E-state index in [1.807, 2.05) is 31.2 Å². The number of hydrogen-bond acceptors (Lipinski definition) is 4. The molecule has 2 aromatic carbocycles. The van der Waals surface area contributed by atoms with Crippen molar-refractivity contribution in [2.45, 2.75) is 13.8 Å². The lowest BCUT2D eigenvalue weighted by atomic mass is 10.1. The van der Waals surface area contributed by atoms with E-state index in [4.69, 9.17) is 0 Å². The molecule has 1 heterocycles. The van der Waals surface area contributed by atoms with Crippen LogP contribution in [0.25, 0.3) is 16.7 Å². The fourth-order valence-electron chi connectivity index (χ4n) is 2.08. The van der Waals surface area contributed by atoms with Crippen molar-refractivity contribution in [1.29, 1.82) is 0 Å². The molecule has 1 aromatic heterocycles. The second-order valence-electron chi connectivity index (χ2n) is 4.49. The van der Waals surface area contributed by atoms with Crippen LogP contribution < -0.4 is 0 Å². The van der Waals surface area contributed by atoms with Crippen molar-refractivity contribution >= 4 is 11.0 Å². The number of phenolic OH excluding ortho intramolecular Hbond substituents is 2. The minimum Gasteiger partial charge on any atom is -0.508 e. The minimum atomic E-state index is -0.0408. The third-order valence-corrected chi connectivity index (χ3v) is 3.30. The molecule has 0 aliphatic heterocycles. The number of fused-ring (bicyclic) bond motifs is 1. The maximum Gasteiger partial charge on any atom is 0.147 e.